The Bertz CT molecular complexity index is 341. The number of carbonyl (C=O) groups is 3. The molecule has 0 aromatic rings. The van der Waals surface area contributed by atoms with Crippen molar-refractivity contribution in [3.05, 3.63) is 0 Å². The third kappa shape index (κ3) is 1.53. The van der Waals surface area contributed by atoms with E-state index in [4.69, 9.17) is 15.3 Å². The Morgan fingerprint density at radius 2 is 1.38 bits per heavy atom. The Hall–Kier alpha value is -1.63. The average molecular weight is 229 g/mol. The molecule has 2 fully saturated rings. The van der Waals surface area contributed by atoms with Crippen molar-refractivity contribution < 1.29 is 29.7 Å². The van der Waals surface area contributed by atoms with Crippen LogP contribution < -0.4 is 0 Å². The molecule has 2 aliphatic rings. The largest absolute Gasteiger partial charge is 0.481 e. The van der Waals surface area contributed by atoms with Crippen molar-refractivity contribution >= 4 is 17.8 Å². The number of carboxylic acid groups (broad SMARTS) is 2. The van der Waals surface area contributed by atoms with Gasteiger partial charge in [-0.1, -0.05) is 0 Å². The highest BCUT2D eigenvalue weighted by atomic mass is 16.4. The molecule has 3 N–H and O–H groups in total. The number of nitrogens with zero attached hydrogens (tertiary/aromatic N) is 1. The van der Waals surface area contributed by atoms with Crippen molar-refractivity contribution in [2.24, 2.45) is 17.8 Å². The number of carbonyl (C=O) groups excluding carboxylic acids is 1. The number of hydrogen-bond donors (Lipinski definition) is 3. The fraction of sp³-hybridized carbons (Fsp3) is 0.667. The molecule has 0 aromatic carbocycles. The summed E-state index contributed by atoms with van der Waals surface area (Å²) in [5.74, 6) is -6.21. The third-order valence-electron chi connectivity index (χ3n) is 3.05. The van der Waals surface area contributed by atoms with Crippen LogP contribution >= 0.6 is 0 Å². The second-order valence-electron chi connectivity index (χ2n) is 4.15. The van der Waals surface area contributed by atoms with Gasteiger partial charge in [-0.3, -0.25) is 14.4 Å². The molecule has 0 radical (unpaired) electrons. The van der Waals surface area contributed by atoms with Crippen molar-refractivity contribution in [1.82, 2.24) is 4.90 Å². The van der Waals surface area contributed by atoms with Gasteiger partial charge in [-0.05, 0) is 0 Å². The molecule has 1 aliphatic carbocycles. The van der Waals surface area contributed by atoms with Gasteiger partial charge in [-0.15, -0.1) is 0 Å². The normalized spacial score (nSPS) is 33.1. The lowest BCUT2D eigenvalue weighted by Gasteiger charge is -2.36. The number of rotatable bonds is 3. The maximum atomic E-state index is 11.7. The number of hydrogen-bond acceptors (Lipinski definition) is 4. The zero-order chi connectivity index (χ0) is 12.0. The fourth-order valence-corrected chi connectivity index (χ4v) is 2.08. The molecule has 1 aliphatic heterocycles. The third-order valence-corrected chi connectivity index (χ3v) is 3.05. The molecule has 2 unspecified atom stereocenters. The van der Waals surface area contributed by atoms with E-state index in [-0.39, 0.29) is 13.1 Å². The van der Waals surface area contributed by atoms with Crippen LogP contribution in [0.25, 0.3) is 0 Å². The van der Waals surface area contributed by atoms with Gasteiger partial charge in [-0.2, -0.15) is 0 Å². The maximum Gasteiger partial charge on any atom is 0.308 e. The highest BCUT2D eigenvalue weighted by Gasteiger charge is 2.64. The summed E-state index contributed by atoms with van der Waals surface area (Å²) in [6.07, 6.45) is -0.575. The zero-order valence-electron chi connectivity index (χ0n) is 8.24. The molecule has 0 bridgehead atoms. The molecule has 2 rings (SSSR count). The maximum absolute atomic E-state index is 11.7. The fourth-order valence-electron chi connectivity index (χ4n) is 2.08. The van der Waals surface area contributed by atoms with E-state index in [1.807, 2.05) is 0 Å². The van der Waals surface area contributed by atoms with Gasteiger partial charge in [0.25, 0.3) is 0 Å². The summed E-state index contributed by atoms with van der Waals surface area (Å²) in [4.78, 5) is 34.3. The lowest BCUT2D eigenvalue weighted by Crippen LogP contribution is -2.54. The summed E-state index contributed by atoms with van der Waals surface area (Å²) < 4.78 is 0. The zero-order valence-corrected chi connectivity index (χ0v) is 8.24. The number of likely N-dealkylation sites (tertiary alicyclic amines) is 1. The summed E-state index contributed by atoms with van der Waals surface area (Å²) in [5.41, 5.74) is 0. The van der Waals surface area contributed by atoms with Crippen LogP contribution in [0.2, 0.25) is 0 Å². The summed E-state index contributed by atoms with van der Waals surface area (Å²) in [7, 11) is 0. The second kappa shape index (κ2) is 3.44. The van der Waals surface area contributed by atoms with Gasteiger partial charge in [-0.25, -0.2) is 0 Å². The van der Waals surface area contributed by atoms with Gasteiger partial charge in [0.2, 0.25) is 5.91 Å². The van der Waals surface area contributed by atoms with Crippen LogP contribution in [-0.2, 0) is 14.4 Å². The summed E-state index contributed by atoms with van der Waals surface area (Å²) in [6, 6.07) is 0. The molecular weight excluding hydrogens is 218 g/mol. The second-order valence-corrected chi connectivity index (χ2v) is 4.15. The molecular formula is C9H11NO6. The van der Waals surface area contributed by atoms with Crippen LogP contribution in [0.4, 0.5) is 0 Å². The van der Waals surface area contributed by atoms with E-state index in [1.165, 1.54) is 4.90 Å². The molecule has 0 aromatic heterocycles. The molecule has 1 saturated heterocycles. The van der Waals surface area contributed by atoms with E-state index >= 15 is 0 Å². The Balaban J connectivity index is 2.02. The minimum absolute atomic E-state index is 0.161. The van der Waals surface area contributed by atoms with Crippen molar-refractivity contribution in [2.75, 3.05) is 13.1 Å². The summed E-state index contributed by atoms with van der Waals surface area (Å²) >= 11 is 0. The number of amides is 1. The van der Waals surface area contributed by atoms with E-state index in [9.17, 15) is 14.4 Å². The molecule has 7 heteroatoms. The molecule has 88 valence electrons. The quantitative estimate of drug-likeness (QED) is 0.527. The lowest BCUT2D eigenvalue weighted by molar-refractivity contribution is -0.147. The predicted molar refractivity (Wildman–Crippen MR) is 48.3 cm³/mol. The van der Waals surface area contributed by atoms with Gasteiger partial charge in [0.15, 0.2) is 0 Å². The minimum atomic E-state index is -1.26. The van der Waals surface area contributed by atoms with Gasteiger partial charge in [0, 0.05) is 13.1 Å². The first kappa shape index (κ1) is 10.9. The van der Waals surface area contributed by atoms with Gasteiger partial charge >= 0.3 is 11.9 Å². The Morgan fingerprint density at radius 3 is 1.69 bits per heavy atom. The van der Waals surface area contributed by atoms with Crippen LogP contribution in [0.15, 0.2) is 0 Å². The van der Waals surface area contributed by atoms with Crippen LogP contribution in [0.3, 0.4) is 0 Å². The standard InChI is InChI=1S/C9H11NO6/c11-3-1-10(2-3)7(12)4-5(8(13)14)6(4)9(15)16/h3-6,11H,1-2H2,(H,13,14)(H,15,16). The molecule has 7 nitrogen and oxygen atoms in total. The highest BCUT2D eigenvalue weighted by molar-refractivity contribution is 5.98. The molecule has 2 atom stereocenters. The molecule has 1 heterocycles. The van der Waals surface area contributed by atoms with Crippen molar-refractivity contribution in [3.8, 4) is 0 Å². The molecule has 0 spiro atoms. The monoisotopic (exact) mass is 229 g/mol. The van der Waals surface area contributed by atoms with Crippen LogP contribution in [0, 0.1) is 17.8 Å². The van der Waals surface area contributed by atoms with Crippen molar-refractivity contribution in [3.63, 3.8) is 0 Å². The Morgan fingerprint density at radius 1 is 0.938 bits per heavy atom. The van der Waals surface area contributed by atoms with Crippen LogP contribution in [-0.4, -0.2) is 57.3 Å². The van der Waals surface area contributed by atoms with Crippen LogP contribution in [0.1, 0.15) is 0 Å². The Kier molecular flexibility index (Phi) is 2.34. The predicted octanol–water partition coefficient (Wildman–Crippen LogP) is -1.78. The number of carboxylic acids is 2. The SMILES string of the molecule is O=C(O)C1C(C(=O)O)C1C(=O)N1CC(O)C1. The molecule has 16 heavy (non-hydrogen) atoms. The van der Waals surface area contributed by atoms with E-state index in [2.05, 4.69) is 0 Å². The lowest BCUT2D eigenvalue weighted by atomic mass is 10.1. The van der Waals surface area contributed by atoms with Gasteiger partial charge < -0.3 is 20.2 Å². The highest BCUT2D eigenvalue weighted by Crippen LogP contribution is 2.48. The van der Waals surface area contributed by atoms with E-state index < -0.39 is 41.7 Å². The smallest absolute Gasteiger partial charge is 0.308 e. The van der Waals surface area contributed by atoms with E-state index in [0.29, 0.717) is 0 Å². The topological polar surface area (TPSA) is 115 Å². The van der Waals surface area contributed by atoms with E-state index in [1.54, 1.807) is 0 Å². The number of aliphatic carboxylic acids is 2. The van der Waals surface area contributed by atoms with Crippen molar-refractivity contribution in [2.45, 2.75) is 6.10 Å². The van der Waals surface area contributed by atoms with Crippen molar-refractivity contribution in [1.29, 1.82) is 0 Å². The number of aliphatic hydroxyl groups is 1. The number of aliphatic hydroxyl groups excluding tert-OH is 1. The first-order valence-corrected chi connectivity index (χ1v) is 4.86. The first-order valence-electron chi connectivity index (χ1n) is 4.86. The van der Waals surface area contributed by atoms with Gasteiger partial charge in [0.1, 0.15) is 0 Å². The van der Waals surface area contributed by atoms with Gasteiger partial charge in [0.05, 0.1) is 23.9 Å². The van der Waals surface area contributed by atoms with E-state index in [0.717, 1.165) is 0 Å². The molecule has 1 saturated carbocycles. The average Bonchev–Trinajstić information content (AvgIpc) is 2.86. The summed E-state index contributed by atoms with van der Waals surface area (Å²) in [5, 5.41) is 26.5. The summed E-state index contributed by atoms with van der Waals surface area (Å²) in [6.45, 7) is 0.321. The first-order chi connectivity index (χ1) is 7.43. The minimum Gasteiger partial charge on any atom is -0.481 e. The number of β-amino-alcohol motifs (C(OH)–C–C–N with tert-alkyl or cyclic N) is 1. The Labute approximate surface area is 90.3 Å². The van der Waals surface area contributed by atoms with Crippen LogP contribution in [0.5, 0.6) is 0 Å². The molecule has 1 amide bonds.